The highest BCUT2D eigenvalue weighted by Crippen LogP contribution is 2.32. The maximum absolute atomic E-state index is 11.3. The zero-order valence-corrected chi connectivity index (χ0v) is 19.6. The van der Waals surface area contributed by atoms with Crippen LogP contribution in [-0.2, 0) is 6.54 Å². The zero-order valence-electron chi connectivity index (χ0n) is 19.6. The molecule has 6 aromatic rings. The molecule has 0 fully saturated rings. The summed E-state index contributed by atoms with van der Waals surface area (Å²) < 4.78 is 2.22. The van der Waals surface area contributed by atoms with E-state index in [-0.39, 0.29) is 5.56 Å². The highest BCUT2D eigenvalue weighted by Gasteiger charge is 2.10. The lowest BCUT2D eigenvalue weighted by Crippen LogP contribution is -2.03. The van der Waals surface area contributed by atoms with E-state index in [1.807, 2.05) is 6.07 Å². The molecule has 0 bridgehead atoms. The molecule has 1 heterocycles. The van der Waals surface area contributed by atoms with Gasteiger partial charge in [0.2, 0.25) is 0 Å². The first kappa shape index (κ1) is 21.7. The van der Waals surface area contributed by atoms with E-state index in [2.05, 4.69) is 107 Å². The lowest BCUT2D eigenvalue weighted by atomic mass is 9.98. The Hall–Kier alpha value is -4.83. The van der Waals surface area contributed by atoms with E-state index in [4.69, 9.17) is 0 Å². The Morgan fingerprint density at radius 1 is 0.750 bits per heavy atom. The number of fused-ring (bicyclic) bond motifs is 2. The molecule has 0 aliphatic heterocycles. The largest absolute Gasteiger partial charge is 0.478 e. The third kappa shape index (κ3) is 4.10. The van der Waals surface area contributed by atoms with Crippen molar-refractivity contribution in [3.05, 3.63) is 133 Å². The number of carboxylic acid groups (broad SMARTS) is 1. The Morgan fingerprint density at radius 3 is 2.47 bits per heavy atom. The number of benzene rings is 5. The summed E-state index contributed by atoms with van der Waals surface area (Å²) in [5.74, 6) is -0.928. The van der Waals surface area contributed by atoms with E-state index in [9.17, 15) is 9.90 Å². The van der Waals surface area contributed by atoms with Gasteiger partial charge >= 0.3 is 5.97 Å². The molecule has 36 heavy (non-hydrogen) atoms. The quantitative estimate of drug-likeness (QED) is 0.263. The number of hydrogen-bond acceptors (Lipinski definition) is 2. The van der Waals surface area contributed by atoms with E-state index in [0.717, 1.165) is 22.5 Å². The average molecular weight is 469 g/mol. The van der Waals surface area contributed by atoms with Crippen molar-refractivity contribution in [2.45, 2.75) is 6.54 Å². The molecule has 5 aromatic carbocycles. The van der Waals surface area contributed by atoms with Crippen LogP contribution in [0.1, 0.15) is 15.9 Å². The molecule has 0 amide bonds. The van der Waals surface area contributed by atoms with E-state index in [1.165, 1.54) is 27.3 Å². The minimum atomic E-state index is -0.928. The molecule has 0 unspecified atom stereocenters. The second kappa shape index (κ2) is 9.08. The summed E-state index contributed by atoms with van der Waals surface area (Å²) in [5, 5.41) is 16.3. The van der Waals surface area contributed by atoms with Crippen molar-refractivity contribution in [2.24, 2.45) is 0 Å². The van der Waals surface area contributed by atoms with Gasteiger partial charge in [-0.1, -0.05) is 66.7 Å². The number of nitrogens with zero attached hydrogens (tertiary/aromatic N) is 1. The zero-order chi connectivity index (χ0) is 24.5. The fourth-order valence-corrected chi connectivity index (χ4v) is 4.78. The van der Waals surface area contributed by atoms with Crippen LogP contribution in [0, 0.1) is 0 Å². The summed E-state index contributed by atoms with van der Waals surface area (Å²) in [7, 11) is 0. The number of carbonyl (C=O) groups is 1. The third-order valence-corrected chi connectivity index (χ3v) is 6.59. The van der Waals surface area contributed by atoms with Gasteiger partial charge in [-0.05, 0) is 76.0 Å². The van der Waals surface area contributed by atoms with Crippen molar-refractivity contribution in [3.8, 4) is 16.8 Å². The highest BCUT2D eigenvalue weighted by molar-refractivity contribution is 5.98. The molecule has 1 aromatic heterocycles. The summed E-state index contributed by atoms with van der Waals surface area (Å²) in [5.41, 5.74) is 6.83. The van der Waals surface area contributed by atoms with Gasteiger partial charge in [-0.25, -0.2) is 4.79 Å². The Balaban J connectivity index is 1.31. The number of aromatic nitrogens is 1. The van der Waals surface area contributed by atoms with Crippen LogP contribution in [0.15, 0.2) is 121 Å². The molecule has 0 spiro atoms. The van der Waals surface area contributed by atoms with Gasteiger partial charge in [0.1, 0.15) is 0 Å². The van der Waals surface area contributed by atoms with Crippen LogP contribution in [0.3, 0.4) is 0 Å². The summed E-state index contributed by atoms with van der Waals surface area (Å²) in [6, 6.07) is 39.0. The second-order valence-corrected chi connectivity index (χ2v) is 8.90. The number of anilines is 1. The fraction of sp³-hybridized carbons (Fsp3) is 0.0312. The van der Waals surface area contributed by atoms with E-state index in [1.54, 1.807) is 18.2 Å². The van der Waals surface area contributed by atoms with Crippen molar-refractivity contribution in [1.29, 1.82) is 0 Å². The number of nitrogens with one attached hydrogen (secondary N) is 1. The molecule has 174 valence electrons. The molecule has 0 radical (unpaired) electrons. The van der Waals surface area contributed by atoms with Gasteiger partial charge in [0.15, 0.2) is 0 Å². The van der Waals surface area contributed by atoms with Gasteiger partial charge in [0.05, 0.1) is 11.1 Å². The minimum absolute atomic E-state index is 0.273. The minimum Gasteiger partial charge on any atom is -0.478 e. The first-order chi connectivity index (χ1) is 17.7. The number of aromatic carboxylic acids is 1. The van der Waals surface area contributed by atoms with Crippen LogP contribution in [0.5, 0.6) is 0 Å². The predicted octanol–water partition coefficient (Wildman–Crippen LogP) is 7.76. The first-order valence-electron chi connectivity index (χ1n) is 11.9. The van der Waals surface area contributed by atoms with E-state index >= 15 is 0 Å². The monoisotopic (exact) mass is 468 g/mol. The SMILES string of the molecule is O=C(O)c1cccc(NCc2cccc(-n3ccc4c(-c5ccc6ccccc6c5)cccc43)c2)c1. The average Bonchev–Trinajstić information content (AvgIpc) is 3.36. The molecule has 0 saturated heterocycles. The predicted molar refractivity (Wildman–Crippen MR) is 147 cm³/mol. The summed E-state index contributed by atoms with van der Waals surface area (Å²) in [6.07, 6.45) is 2.12. The molecular weight excluding hydrogens is 444 g/mol. The van der Waals surface area contributed by atoms with Gasteiger partial charge < -0.3 is 15.0 Å². The topological polar surface area (TPSA) is 54.3 Å². The van der Waals surface area contributed by atoms with Crippen molar-refractivity contribution < 1.29 is 9.90 Å². The lowest BCUT2D eigenvalue weighted by Gasteiger charge is -2.11. The summed E-state index contributed by atoms with van der Waals surface area (Å²) >= 11 is 0. The Bertz CT molecular complexity index is 1730. The normalized spacial score (nSPS) is 11.1. The fourth-order valence-electron chi connectivity index (χ4n) is 4.78. The molecule has 0 atom stereocenters. The van der Waals surface area contributed by atoms with Crippen LogP contribution in [0.25, 0.3) is 38.5 Å². The Kier molecular flexibility index (Phi) is 5.47. The lowest BCUT2D eigenvalue weighted by molar-refractivity contribution is 0.0697. The third-order valence-electron chi connectivity index (χ3n) is 6.59. The molecule has 2 N–H and O–H groups in total. The highest BCUT2D eigenvalue weighted by atomic mass is 16.4. The Labute approximate surface area is 209 Å². The van der Waals surface area contributed by atoms with Gasteiger partial charge in [0.25, 0.3) is 0 Å². The van der Waals surface area contributed by atoms with Crippen molar-refractivity contribution in [2.75, 3.05) is 5.32 Å². The van der Waals surface area contributed by atoms with Gasteiger partial charge in [-0.2, -0.15) is 0 Å². The standard InChI is InChI=1S/C32H24N2O2/c35-32(36)26-9-4-10-27(20-26)33-21-22-6-3-11-28(18-22)34-17-16-30-29(12-5-13-31(30)34)25-15-14-23-7-1-2-8-24(23)19-25/h1-20,33H,21H2,(H,35,36). The van der Waals surface area contributed by atoms with E-state index in [0.29, 0.717) is 6.54 Å². The molecular formula is C32H24N2O2. The second-order valence-electron chi connectivity index (χ2n) is 8.90. The Morgan fingerprint density at radius 2 is 1.58 bits per heavy atom. The van der Waals surface area contributed by atoms with Crippen molar-refractivity contribution >= 4 is 33.3 Å². The summed E-state index contributed by atoms with van der Waals surface area (Å²) in [6.45, 7) is 0.596. The van der Waals surface area contributed by atoms with Gasteiger partial charge in [-0.15, -0.1) is 0 Å². The molecule has 0 saturated carbocycles. The number of carboxylic acids is 1. The van der Waals surface area contributed by atoms with Gasteiger partial charge in [-0.3, -0.25) is 0 Å². The van der Waals surface area contributed by atoms with Crippen molar-refractivity contribution in [3.63, 3.8) is 0 Å². The first-order valence-corrected chi connectivity index (χ1v) is 11.9. The molecule has 6 rings (SSSR count). The molecule has 0 aliphatic carbocycles. The summed E-state index contributed by atoms with van der Waals surface area (Å²) in [4.78, 5) is 11.3. The smallest absolute Gasteiger partial charge is 0.335 e. The van der Waals surface area contributed by atoms with E-state index < -0.39 is 5.97 Å². The van der Waals surface area contributed by atoms with Crippen molar-refractivity contribution in [1.82, 2.24) is 4.57 Å². The molecule has 0 aliphatic rings. The number of hydrogen-bond donors (Lipinski definition) is 2. The van der Waals surface area contributed by atoms with Crippen LogP contribution < -0.4 is 5.32 Å². The number of rotatable bonds is 6. The van der Waals surface area contributed by atoms with Crippen LogP contribution in [0.4, 0.5) is 5.69 Å². The van der Waals surface area contributed by atoms with Crippen LogP contribution >= 0.6 is 0 Å². The van der Waals surface area contributed by atoms with Crippen LogP contribution in [-0.4, -0.2) is 15.6 Å². The van der Waals surface area contributed by atoms with Crippen LogP contribution in [0.2, 0.25) is 0 Å². The van der Waals surface area contributed by atoms with Gasteiger partial charge in [0, 0.05) is 29.5 Å². The maximum Gasteiger partial charge on any atom is 0.335 e. The maximum atomic E-state index is 11.3. The molecule has 4 heteroatoms. The molecule has 4 nitrogen and oxygen atoms in total.